The molecule has 0 amide bonds. The lowest BCUT2D eigenvalue weighted by atomic mass is 9.84. The van der Waals surface area contributed by atoms with E-state index in [1.165, 1.54) is 43.2 Å². The zero-order chi connectivity index (χ0) is 13.0. The quantitative estimate of drug-likeness (QED) is 0.562. The minimum absolute atomic E-state index is 0.630. The van der Waals surface area contributed by atoms with Gasteiger partial charge in [-0.05, 0) is 52.4 Å². The first-order valence-corrected chi connectivity index (χ1v) is 8.12. The van der Waals surface area contributed by atoms with Gasteiger partial charge in [-0.3, -0.25) is 0 Å². The van der Waals surface area contributed by atoms with Gasteiger partial charge in [0.25, 0.3) is 0 Å². The van der Waals surface area contributed by atoms with E-state index in [0.29, 0.717) is 11.8 Å². The Kier molecular flexibility index (Phi) is 5.59. The SMILES string of the molecule is ClC/C(=C/c1ccc(Cl)c(Br)c1)C1CCCCC1. The predicted molar refractivity (Wildman–Crippen MR) is 84.4 cm³/mol. The molecule has 0 atom stereocenters. The Morgan fingerprint density at radius 2 is 2.00 bits per heavy atom. The van der Waals surface area contributed by atoms with E-state index in [2.05, 4.69) is 28.1 Å². The van der Waals surface area contributed by atoms with E-state index in [4.69, 9.17) is 23.2 Å². The highest BCUT2D eigenvalue weighted by molar-refractivity contribution is 9.10. The van der Waals surface area contributed by atoms with Crippen LogP contribution in [-0.2, 0) is 0 Å². The van der Waals surface area contributed by atoms with Crippen molar-refractivity contribution in [1.29, 1.82) is 0 Å². The van der Waals surface area contributed by atoms with Crippen LogP contribution in [0.4, 0.5) is 0 Å². The molecule has 0 unspecified atom stereocenters. The number of hydrogen-bond donors (Lipinski definition) is 0. The second-order valence-electron chi connectivity index (χ2n) is 4.86. The Hall–Kier alpha value is 0.0200. The van der Waals surface area contributed by atoms with Crippen molar-refractivity contribution < 1.29 is 0 Å². The van der Waals surface area contributed by atoms with Gasteiger partial charge >= 0.3 is 0 Å². The Balaban J connectivity index is 2.19. The number of rotatable bonds is 3. The third kappa shape index (κ3) is 3.76. The fourth-order valence-electron chi connectivity index (χ4n) is 2.56. The third-order valence-corrected chi connectivity index (χ3v) is 5.10. The minimum Gasteiger partial charge on any atom is -0.122 e. The molecule has 2 rings (SSSR count). The van der Waals surface area contributed by atoms with Crippen LogP contribution in [0.2, 0.25) is 5.02 Å². The van der Waals surface area contributed by atoms with E-state index in [1.807, 2.05) is 12.1 Å². The van der Waals surface area contributed by atoms with Gasteiger partial charge in [-0.2, -0.15) is 0 Å². The topological polar surface area (TPSA) is 0 Å². The van der Waals surface area contributed by atoms with Crippen LogP contribution in [0.25, 0.3) is 6.08 Å². The van der Waals surface area contributed by atoms with Crippen LogP contribution in [0.5, 0.6) is 0 Å². The zero-order valence-corrected chi connectivity index (χ0v) is 13.4. The number of halogens is 3. The van der Waals surface area contributed by atoms with E-state index in [-0.39, 0.29) is 0 Å². The summed E-state index contributed by atoms with van der Waals surface area (Å²) in [5.41, 5.74) is 2.54. The molecule has 1 saturated carbocycles. The normalized spacial score (nSPS) is 18.1. The van der Waals surface area contributed by atoms with Gasteiger partial charge in [0.15, 0.2) is 0 Å². The minimum atomic E-state index is 0.630. The molecule has 98 valence electrons. The molecule has 0 N–H and O–H groups in total. The Morgan fingerprint density at radius 3 is 2.61 bits per heavy atom. The molecule has 1 fully saturated rings. The molecule has 18 heavy (non-hydrogen) atoms. The van der Waals surface area contributed by atoms with Crippen LogP contribution in [0.1, 0.15) is 37.7 Å². The Morgan fingerprint density at radius 1 is 1.28 bits per heavy atom. The Labute approximate surface area is 127 Å². The van der Waals surface area contributed by atoms with Crippen molar-refractivity contribution in [2.75, 3.05) is 5.88 Å². The summed E-state index contributed by atoms with van der Waals surface area (Å²) in [6, 6.07) is 6.02. The summed E-state index contributed by atoms with van der Waals surface area (Å²) in [7, 11) is 0. The second kappa shape index (κ2) is 6.98. The summed E-state index contributed by atoms with van der Waals surface area (Å²) in [5.74, 6) is 1.30. The van der Waals surface area contributed by atoms with Crippen molar-refractivity contribution in [2.45, 2.75) is 32.1 Å². The summed E-state index contributed by atoms with van der Waals surface area (Å²) in [6.07, 6.45) is 8.84. The van der Waals surface area contributed by atoms with E-state index < -0.39 is 0 Å². The van der Waals surface area contributed by atoms with E-state index in [9.17, 15) is 0 Å². The zero-order valence-electron chi connectivity index (χ0n) is 10.3. The van der Waals surface area contributed by atoms with Crippen LogP contribution < -0.4 is 0 Å². The lowest BCUT2D eigenvalue weighted by Crippen LogP contribution is -2.10. The molecule has 1 aromatic carbocycles. The van der Waals surface area contributed by atoms with E-state index >= 15 is 0 Å². The molecule has 0 saturated heterocycles. The van der Waals surface area contributed by atoms with Gasteiger partial charge < -0.3 is 0 Å². The first-order chi connectivity index (χ1) is 8.70. The van der Waals surface area contributed by atoms with Crippen molar-refractivity contribution in [3.63, 3.8) is 0 Å². The predicted octanol–water partition coefficient (Wildman–Crippen LogP) is 6.31. The summed E-state index contributed by atoms with van der Waals surface area (Å²) in [4.78, 5) is 0. The van der Waals surface area contributed by atoms with E-state index in [1.54, 1.807) is 0 Å². The average molecular weight is 348 g/mol. The second-order valence-corrected chi connectivity index (χ2v) is 6.39. The lowest BCUT2D eigenvalue weighted by Gasteiger charge is -2.23. The summed E-state index contributed by atoms with van der Waals surface area (Å²) in [5, 5.41) is 0.747. The molecule has 3 heteroatoms. The lowest BCUT2D eigenvalue weighted by molar-refractivity contribution is 0.405. The van der Waals surface area contributed by atoms with Gasteiger partial charge in [-0.25, -0.2) is 0 Å². The molecule has 0 aromatic heterocycles. The standard InChI is InChI=1S/C15H17BrCl2/c16-14-9-11(6-7-15(14)18)8-13(10-17)12-4-2-1-3-5-12/h6-9,12H,1-5,10H2/b13-8-. The summed E-state index contributed by atoms with van der Waals surface area (Å²) >= 11 is 15.6. The van der Waals surface area contributed by atoms with Gasteiger partial charge in [0.05, 0.1) is 5.02 Å². The van der Waals surface area contributed by atoms with Crippen LogP contribution in [0, 0.1) is 5.92 Å². The average Bonchev–Trinajstić information content (AvgIpc) is 2.41. The van der Waals surface area contributed by atoms with Crippen molar-refractivity contribution in [1.82, 2.24) is 0 Å². The van der Waals surface area contributed by atoms with Gasteiger partial charge in [0.1, 0.15) is 0 Å². The van der Waals surface area contributed by atoms with Gasteiger partial charge in [-0.15, -0.1) is 11.6 Å². The highest BCUT2D eigenvalue weighted by Gasteiger charge is 2.17. The van der Waals surface area contributed by atoms with Gasteiger partial charge in [-0.1, -0.05) is 48.6 Å². The fraction of sp³-hybridized carbons (Fsp3) is 0.467. The van der Waals surface area contributed by atoms with Crippen molar-refractivity contribution in [3.8, 4) is 0 Å². The van der Waals surface area contributed by atoms with E-state index in [0.717, 1.165) is 9.50 Å². The van der Waals surface area contributed by atoms with Crippen molar-refractivity contribution in [2.24, 2.45) is 5.92 Å². The highest BCUT2D eigenvalue weighted by Crippen LogP contribution is 2.32. The molecule has 0 radical (unpaired) electrons. The molecular weight excluding hydrogens is 331 g/mol. The maximum absolute atomic E-state index is 6.12. The van der Waals surface area contributed by atoms with Crippen LogP contribution in [0.3, 0.4) is 0 Å². The number of hydrogen-bond acceptors (Lipinski definition) is 0. The molecular formula is C15H17BrCl2. The summed E-state index contributed by atoms with van der Waals surface area (Å²) in [6.45, 7) is 0. The molecule has 0 aliphatic heterocycles. The maximum Gasteiger partial charge on any atom is 0.0548 e. The Bertz CT molecular complexity index is 434. The molecule has 1 aliphatic carbocycles. The summed E-state index contributed by atoms with van der Waals surface area (Å²) < 4.78 is 0.940. The molecule has 0 bridgehead atoms. The van der Waals surface area contributed by atoms with Gasteiger partial charge in [0, 0.05) is 10.4 Å². The van der Waals surface area contributed by atoms with Crippen LogP contribution in [0.15, 0.2) is 28.2 Å². The highest BCUT2D eigenvalue weighted by atomic mass is 79.9. The smallest absolute Gasteiger partial charge is 0.0548 e. The maximum atomic E-state index is 6.12. The molecule has 1 aliphatic rings. The van der Waals surface area contributed by atoms with Crippen LogP contribution in [-0.4, -0.2) is 5.88 Å². The largest absolute Gasteiger partial charge is 0.122 e. The van der Waals surface area contributed by atoms with Crippen LogP contribution >= 0.6 is 39.1 Å². The van der Waals surface area contributed by atoms with Gasteiger partial charge in [0.2, 0.25) is 0 Å². The third-order valence-electron chi connectivity index (χ3n) is 3.58. The fourth-order valence-corrected chi connectivity index (χ4v) is 3.36. The number of alkyl halides is 1. The first-order valence-electron chi connectivity index (χ1n) is 6.42. The van der Waals surface area contributed by atoms with Crippen molar-refractivity contribution >= 4 is 45.2 Å². The molecule has 0 heterocycles. The number of allylic oxidation sites excluding steroid dienone is 1. The molecule has 1 aromatic rings. The first kappa shape index (κ1) is 14.4. The van der Waals surface area contributed by atoms with Crippen molar-refractivity contribution in [3.05, 3.63) is 38.8 Å². The monoisotopic (exact) mass is 346 g/mol. The molecule has 0 spiro atoms. The molecule has 0 nitrogen and oxygen atoms in total. The number of benzene rings is 1.